The van der Waals surface area contributed by atoms with Gasteiger partial charge >= 0.3 is 5.97 Å². The zero-order valence-corrected chi connectivity index (χ0v) is 11.5. The zero-order chi connectivity index (χ0) is 14.8. The SMILES string of the molecule is Cc1nc(NC2CCOc3ccccc32)ncc1C(=O)O. The monoisotopic (exact) mass is 285 g/mol. The van der Waals surface area contributed by atoms with E-state index in [0.717, 1.165) is 17.7 Å². The number of ether oxygens (including phenoxy) is 1. The van der Waals surface area contributed by atoms with E-state index in [1.165, 1.54) is 6.20 Å². The molecule has 0 saturated heterocycles. The number of carbonyl (C=O) groups is 1. The van der Waals surface area contributed by atoms with Gasteiger partial charge in [-0.25, -0.2) is 14.8 Å². The number of hydrogen-bond acceptors (Lipinski definition) is 5. The summed E-state index contributed by atoms with van der Waals surface area (Å²) in [5.41, 5.74) is 1.63. The summed E-state index contributed by atoms with van der Waals surface area (Å²) in [5.74, 6) is 0.273. The first-order valence-corrected chi connectivity index (χ1v) is 6.70. The Labute approximate surface area is 121 Å². The number of nitrogens with one attached hydrogen (secondary N) is 1. The van der Waals surface area contributed by atoms with Crippen LogP contribution in [0.2, 0.25) is 0 Å². The molecule has 6 heteroatoms. The summed E-state index contributed by atoms with van der Waals surface area (Å²) in [6.45, 7) is 2.29. The highest BCUT2D eigenvalue weighted by Gasteiger charge is 2.22. The van der Waals surface area contributed by atoms with Gasteiger partial charge in [0.25, 0.3) is 0 Å². The first-order valence-electron chi connectivity index (χ1n) is 6.70. The summed E-state index contributed by atoms with van der Waals surface area (Å²) in [4.78, 5) is 19.3. The first kappa shape index (κ1) is 13.4. The van der Waals surface area contributed by atoms with Crippen molar-refractivity contribution in [1.29, 1.82) is 0 Å². The van der Waals surface area contributed by atoms with Crippen LogP contribution in [0.1, 0.15) is 34.1 Å². The number of aryl methyl sites for hydroxylation is 1. The molecule has 6 nitrogen and oxygen atoms in total. The van der Waals surface area contributed by atoms with Crippen molar-refractivity contribution in [3.05, 3.63) is 47.3 Å². The molecule has 0 radical (unpaired) electrons. The van der Waals surface area contributed by atoms with Crippen molar-refractivity contribution < 1.29 is 14.6 Å². The van der Waals surface area contributed by atoms with E-state index in [1.54, 1.807) is 6.92 Å². The van der Waals surface area contributed by atoms with Crippen LogP contribution in [-0.2, 0) is 0 Å². The smallest absolute Gasteiger partial charge is 0.339 e. The number of fused-ring (bicyclic) bond motifs is 1. The highest BCUT2D eigenvalue weighted by molar-refractivity contribution is 5.88. The van der Waals surface area contributed by atoms with E-state index < -0.39 is 5.97 Å². The normalized spacial score (nSPS) is 16.7. The van der Waals surface area contributed by atoms with Gasteiger partial charge in [0.05, 0.1) is 23.9 Å². The molecule has 2 aromatic rings. The number of benzene rings is 1. The fraction of sp³-hybridized carbons (Fsp3) is 0.267. The van der Waals surface area contributed by atoms with Crippen molar-refractivity contribution in [3.63, 3.8) is 0 Å². The number of para-hydroxylation sites is 1. The molecule has 2 N–H and O–H groups in total. The quantitative estimate of drug-likeness (QED) is 0.901. The molecule has 1 atom stereocenters. The topological polar surface area (TPSA) is 84.3 Å². The predicted octanol–water partition coefficient (Wildman–Crippen LogP) is 2.42. The first-order chi connectivity index (χ1) is 10.1. The molecule has 1 unspecified atom stereocenters. The summed E-state index contributed by atoms with van der Waals surface area (Å²) in [6.07, 6.45) is 2.14. The van der Waals surface area contributed by atoms with Gasteiger partial charge in [-0.2, -0.15) is 0 Å². The number of aromatic carboxylic acids is 1. The molecule has 0 saturated carbocycles. The third-order valence-corrected chi connectivity index (χ3v) is 3.47. The largest absolute Gasteiger partial charge is 0.493 e. The van der Waals surface area contributed by atoms with Gasteiger partial charge in [0.2, 0.25) is 5.95 Å². The lowest BCUT2D eigenvalue weighted by Crippen LogP contribution is -2.21. The number of rotatable bonds is 3. The lowest BCUT2D eigenvalue weighted by atomic mass is 10.0. The van der Waals surface area contributed by atoms with Crippen LogP contribution >= 0.6 is 0 Å². The van der Waals surface area contributed by atoms with Crippen molar-refractivity contribution in [2.75, 3.05) is 11.9 Å². The van der Waals surface area contributed by atoms with E-state index in [-0.39, 0.29) is 11.6 Å². The lowest BCUT2D eigenvalue weighted by molar-refractivity contribution is 0.0695. The fourth-order valence-corrected chi connectivity index (χ4v) is 2.39. The van der Waals surface area contributed by atoms with Gasteiger partial charge < -0.3 is 15.2 Å². The van der Waals surface area contributed by atoms with Gasteiger partial charge in [-0.05, 0) is 13.0 Å². The van der Waals surface area contributed by atoms with Crippen LogP contribution in [0.4, 0.5) is 5.95 Å². The Kier molecular flexibility index (Phi) is 3.43. The molecule has 0 amide bonds. The summed E-state index contributed by atoms with van der Waals surface area (Å²) < 4.78 is 5.61. The number of anilines is 1. The minimum atomic E-state index is -1.02. The van der Waals surface area contributed by atoms with Gasteiger partial charge in [0, 0.05) is 18.2 Å². The molecule has 1 aliphatic rings. The predicted molar refractivity (Wildman–Crippen MR) is 76.6 cm³/mol. The Bertz CT molecular complexity index is 688. The Balaban J connectivity index is 1.85. The standard InChI is InChI=1S/C15H15N3O3/c1-9-11(14(19)20)8-16-15(17-9)18-12-6-7-21-13-5-3-2-4-10(12)13/h2-5,8,12H,6-7H2,1H3,(H,19,20)(H,16,17,18). The molecule has 3 rings (SSSR count). The molecule has 0 spiro atoms. The van der Waals surface area contributed by atoms with Gasteiger partial charge in [0.1, 0.15) is 5.75 Å². The second-order valence-corrected chi connectivity index (χ2v) is 4.87. The van der Waals surface area contributed by atoms with Gasteiger partial charge in [0.15, 0.2) is 0 Å². The number of carboxylic acid groups (broad SMARTS) is 1. The Morgan fingerprint density at radius 1 is 1.43 bits per heavy atom. The highest BCUT2D eigenvalue weighted by atomic mass is 16.5. The summed E-state index contributed by atoms with van der Waals surface area (Å²) in [7, 11) is 0. The average molecular weight is 285 g/mol. The summed E-state index contributed by atoms with van der Waals surface area (Å²) in [6, 6.07) is 7.89. The molecule has 1 aromatic heterocycles. The van der Waals surface area contributed by atoms with Crippen molar-refractivity contribution in [2.24, 2.45) is 0 Å². The van der Waals surface area contributed by atoms with Crippen molar-refractivity contribution in [2.45, 2.75) is 19.4 Å². The maximum atomic E-state index is 11.0. The third kappa shape index (κ3) is 2.65. The van der Waals surface area contributed by atoms with E-state index in [4.69, 9.17) is 9.84 Å². The average Bonchev–Trinajstić information content (AvgIpc) is 2.47. The molecular formula is C15H15N3O3. The van der Waals surface area contributed by atoms with Gasteiger partial charge in [-0.1, -0.05) is 18.2 Å². The van der Waals surface area contributed by atoms with Crippen molar-refractivity contribution in [3.8, 4) is 5.75 Å². The number of carboxylic acids is 1. The molecule has 1 aliphatic heterocycles. The summed E-state index contributed by atoms with van der Waals surface area (Å²) >= 11 is 0. The van der Waals surface area contributed by atoms with Crippen LogP contribution in [0, 0.1) is 6.92 Å². The Morgan fingerprint density at radius 3 is 3.00 bits per heavy atom. The maximum absolute atomic E-state index is 11.0. The number of nitrogens with zero attached hydrogens (tertiary/aromatic N) is 2. The maximum Gasteiger partial charge on any atom is 0.339 e. The Hall–Kier alpha value is -2.63. The Morgan fingerprint density at radius 2 is 2.24 bits per heavy atom. The van der Waals surface area contributed by atoms with Crippen LogP contribution in [0.5, 0.6) is 5.75 Å². The van der Waals surface area contributed by atoms with Crippen LogP contribution in [-0.4, -0.2) is 27.7 Å². The fourth-order valence-electron chi connectivity index (χ4n) is 2.39. The second-order valence-electron chi connectivity index (χ2n) is 4.87. The molecule has 21 heavy (non-hydrogen) atoms. The van der Waals surface area contributed by atoms with E-state index in [2.05, 4.69) is 15.3 Å². The highest BCUT2D eigenvalue weighted by Crippen LogP contribution is 2.33. The molecule has 2 heterocycles. The lowest BCUT2D eigenvalue weighted by Gasteiger charge is -2.26. The summed E-state index contributed by atoms with van der Waals surface area (Å²) in [5, 5.41) is 12.2. The molecule has 0 aliphatic carbocycles. The van der Waals surface area contributed by atoms with Crippen molar-refractivity contribution in [1.82, 2.24) is 9.97 Å². The number of aromatic nitrogens is 2. The van der Waals surface area contributed by atoms with E-state index >= 15 is 0 Å². The molecule has 1 aromatic carbocycles. The van der Waals surface area contributed by atoms with Crippen LogP contribution < -0.4 is 10.1 Å². The van der Waals surface area contributed by atoms with Gasteiger partial charge in [-0.3, -0.25) is 0 Å². The number of hydrogen-bond donors (Lipinski definition) is 2. The minimum Gasteiger partial charge on any atom is -0.493 e. The van der Waals surface area contributed by atoms with Crippen molar-refractivity contribution >= 4 is 11.9 Å². The van der Waals surface area contributed by atoms with E-state index in [0.29, 0.717) is 18.2 Å². The van der Waals surface area contributed by atoms with E-state index in [9.17, 15) is 4.79 Å². The van der Waals surface area contributed by atoms with Crippen LogP contribution in [0.15, 0.2) is 30.5 Å². The third-order valence-electron chi connectivity index (χ3n) is 3.47. The van der Waals surface area contributed by atoms with Crippen LogP contribution in [0.3, 0.4) is 0 Å². The molecule has 108 valence electrons. The zero-order valence-electron chi connectivity index (χ0n) is 11.5. The van der Waals surface area contributed by atoms with E-state index in [1.807, 2.05) is 24.3 Å². The van der Waals surface area contributed by atoms with Crippen LogP contribution in [0.25, 0.3) is 0 Å². The van der Waals surface area contributed by atoms with Gasteiger partial charge in [-0.15, -0.1) is 0 Å². The second kappa shape index (κ2) is 5.40. The minimum absolute atomic E-state index is 0.0602. The molecule has 0 fully saturated rings. The molecule has 0 bridgehead atoms. The molecular weight excluding hydrogens is 270 g/mol.